The van der Waals surface area contributed by atoms with Crippen LogP contribution in [0.3, 0.4) is 0 Å². The fraction of sp³-hybridized carbons (Fsp3) is 0.235. The van der Waals surface area contributed by atoms with Gasteiger partial charge in [-0.1, -0.05) is 12.1 Å². The number of amides is 1. The minimum absolute atomic E-state index is 0.0723. The van der Waals surface area contributed by atoms with E-state index in [0.717, 1.165) is 5.56 Å². The summed E-state index contributed by atoms with van der Waals surface area (Å²) in [6.45, 7) is -0.920. The molecule has 1 aliphatic rings. The fourth-order valence-electron chi connectivity index (χ4n) is 2.34. The summed E-state index contributed by atoms with van der Waals surface area (Å²) >= 11 is 0. The smallest absolute Gasteiger partial charge is 0.387 e. The molecule has 1 aliphatic heterocycles. The number of halogens is 2. The molecule has 2 aromatic rings. The first-order chi connectivity index (χ1) is 11.5. The van der Waals surface area contributed by atoms with E-state index in [1.54, 1.807) is 37.3 Å². The molecule has 0 aliphatic carbocycles. The van der Waals surface area contributed by atoms with Crippen molar-refractivity contribution in [3.05, 3.63) is 53.6 Å². The topological polar surface area (TPSA) is 56.8 Å². The number of ether oxygens (including phenoxy) is 3. The van der Waals surface area contributed by atoms with Crippen LogP contribution in [0.25, 0.3) is 0 Å². The minimum Gasteiger partial charge on any atom is -0.454 e. The van der Waals surface area contributed by atoms with Gasteiger partial charge in [0, 0.05) is 5.56 Å². The highest BCUT2D eigenvalue weighted by atomic mass is 19.3. The zero-order chi connectivity index (χ0) is 17.1. The van der Waals surface area contributed by atoms with Crippen LogP contribution in [-0.4, -0.2) is 19.3 Å². The lowest BCUT2D eigenvalue weighted by molar-refractivity contribution is -0.0498. The number of carbonyl (C=O) groups is 1. The van der Waals surface area contributed by atoms with Crippen LogP contribution >= 0.6 is 0 Å². The lowest BCUT2D eigenvalue weighted by Gasteiger charge is -2.15. The number of hydrogen-bond donors (Lipinski definition) is 1. The highest BCUT2D eigenvalue weighted by Crippen LogP contribution is 2.32. The molecule has 5 nitrogen and oxygen atoms in total. The van der Waals surface area contributed by atoms with Gasteiger partial charge in [0.15, 0.2) is 11.5 Å². The molecule has 7 heteroatoms. The fourth-order valence-corrected chi connectivity index (χ4v) is 2.34. The first-order valence-corrected chi connectivity index (χ1v) is 7.28. The average molecular weight is 335 g/mol. The van der Waals surface area contributed by atoms with Gasteiger partial charge in [-0.05, 0) is 42.8 Å². The Morgan fingerprint density at radius 2 is 1.83 bits per heavy atom. The van der Waals surface area contributed by atoms with E-state index < -0.39 is 6.61 Å². The van der Waals surface area contributed by atoms with Crippen LogP contribution in [-0.2, 0) is 0 Å². The highest BCUT2D eigenvalue weighted by molar-refractivity contribution is 5.95. The molecule has 24 heavy (non-hydrogen) atoms. The Kier molecular flexibility index (Phi) is 4.50. The van der Waals surface area contributed by atoms with Gasteiger partial charge in [-0.25, -0.2) is 0 Å². The number of fused-ring (bicyclic) bond motifs is 1. The summed E-state index contributed by atoms with van der Waals surface area (Å²) in [6, 6.07) is 10.8. The van der Waals surface area contributed by atoms with Crippen LogP contribution in [0.5, 0.6) is 17.2 Å². The second-order valence-electron chi connectivity index (χ2n) is 5.21. The van der Waals surface area contributed by atoms with Gasteiger partial charge in [-0.15, -0.1) is 0 Å². The van der Waals surface area contributed by atoms with Gasteiger partial charge in [-0.3, -0.25) is 4.79 Å². The predicted molar refractivity (Wildman–Crippen MR) is 81.5 cm³/mol. The minimum atomic E-state index is -2.86. The van der Waals surface area contributed by atoms with E-state index in [1.807, 2.05) is 0 Å². The molecule has 1 N–H and O–H groups in total. The van der Waals surface area contributed by atoms with Gasteiger partial charge >= 0.3 is 6.61 Å². The molecule has 126 valence electrons. The second kappa shape index (κ2) is 6.74. The number of benzene rings is 2. The van der Waals surface area contributed by atoms with E-state index in [4.69, 9.17) is 9.47 Å². The standard InChI is InChI=1S/C17H15F2NO4/c1-10(11-2-5-13(6-3-11)24-17(18)19)20-16(21)12-4-7-14-15(8-12)23-9-22-14/h2-8,10,17H,9H2,1H3,(H,20,21). The first-order valence-electron chi connectivity index (χ1n) is 7.28. The lowest BCUT2D eigenvalue weighted by Crippen LogP contribution is -2.26. The molecule has 0 bridgehead atoms. The summed E-state index contributed by atoms with van der Waals surface area (Å²) in [5.74, 6) is 0.940. The molecule has 3 rings (SSSR count). The molecule has 0 saturated heterocycles. The number of rotatable bonds is 5. The molecular weight excluding hydrogens is 320 g/mol. The molecule has 0 spiro atoms. The maximum atomic E-state index is 12.3. The number of carbonyl (C=O) groups excluding carboxylic acids is 1. The van der Waals surface area contributed by atoms with Crippen molar-refractivity contribution >= 4 is 5.91 Å². The third-order valence-electron chi connectivity index (χ3n) is 3.59. The summed E-state index contributed by atoms with van der Waals surface area (Å²) < 4.78 is 39.0. The van der Waals surface area contributed by atoms with E-state index in [1.165, 1.54) is 12.1 Å². The molecule has 0 saturated carbocycles. The van der Waals surface area contributed by atoms with Crippen molar-refractivity contribution in [1.82, 2.24) is 5.32 Å². The Morgan fingerprint density at radius 1 is 1.12 bits per heavy atom. The third-order valence-corrected chi connectivity index (χ3v) is 3.59. The number of nitrogens with one attached hydrogen (secondary N) is 1. The highest BCUT2D eigenvalue weighted by Gasteiger charge is 2.17. The summed E-state index contributed by atoms with van der Waals surface area (Å²) in [6.07, 6.45) is 0. The Balaban J connectivity index is 1.65. The van der Waals surface area contributed by atoms with Crippen LogP contribution in [0.2, 0.25) is 0 Å². The maximum absolute atomic E-state index is 12.3. The van der Waals surface area contributed by atoms with Crippen molar-refractivity contribution in [3.63, 3.8) is 0 Å². The van der Waals surface area contributed by atoms with Crippen molar-refractivity contribution < 1.29 is 27.8 Å². The number of hydrogen-bond acceptors (Lipinski definition) is 4. The molecule has 0 aromatic heterocycles. The van der Waals surface area contributed by atoms with Crippen LogP contribution in [0.1, 0.15) is 28.9 Å². The largest absolute Gasteiger partial charge is 0.454 e. The Morgan fingerprint density at radius 3 is 2.54 bits per heavy atom. The van der Waals surface area contributed by atoms with E-state index >= 15 is 0 Å². The van der Waals surface area contributed by atoms with E-state index in [0.29, 0.717) is 17.1 Å². The Hall–Kier alpha value is -2.83. The van der Waals surface area contributed by atoms with Gasteiger partial charge in [-0.2, -0.15) is 8.78 Å². The van der Waals surface area contributed by atoms with Crippen LogP contribution in [0.15, 0.2) is 42.5 Å². The molecule has 0 radical (unpaired) electrons. The number of alkyl halides is 2. The van der Waals surface area contributed by atoms with E-state index in [2.05, 4.69) is 10.1 Å². The summed E-state index contributed by atoms with van der Waals surface area (Å²) in [5, 5.41) is 2.84. The zero-order valence-corrected chi connectivity index (χ0v) is 12.8. The Labute approximate surface area is 137 Å². The quantitative estimate of drug-likeness (QED) is 0.908. The summed E-state index contributed by atoms with van der Waals surface area (Å²) in [5.41, 5.74) is 1.22. The van der Waals surface area contributed by atoms with Crippen molar-refractivity contribution in [2.24, 2.45) is 0 Å². The molecule has 1 unspecified atom stereocenters. The second-order valence-corrected chi connectivity index (χ2v) is 5.21. The van der Waals surface area contributed by atoms with E-state index in [9.17, 15) is 13.6 Å². The third kappa shape index (κ3) is 3.56. The van der Waals surface area contributed by atoms with Gasteiger partial charge < -0.3 is 19.5 Å². The van der Waals surface area contributed by atoms with Gasteiger partial charge in [0.05, 0.1) is 6.04 Å². The monoisotopic (exact) mass is 335 g/mol. The molecule has 0 fully saturated rings. The summed E-state index contributed by atoms with van der Waals surface area (Å²) in [7, 11) is 0. The van der Waals surface area contributed by atoms with Crippen LogP contribution < -0.4 is 19.5 Å². The normalized spacial score (nSPS) is 13.7. The summed E-state index contributed by atoms with van der Waals surface area (Å²) in [4.78, 5) is 12.3. The SMILES string of the molecule is CC(NC(=O)c1ccc2c(c1)OCO2)c1ccc(OC(F)F)cc1. The molecule has 1 amide bonds. The molecule has 1 atom stereocenters. The molecule has 2 aromatic carbocycles. The average Bonchev–Trinajstić information content (AvgIpc) is 3.02. The zero-order valence-electron chi connectivity index (χ0n) is 12.8. The van der Waals surface area contributed by atoms with E-state index in [-0.39, 0.29) is 24.5 Å². The first kappa shape index (κ1) is 16.0. The van der Waals surface area contributed by atoms with Gasteiger partial charge in [0.1, 0.15) is 5.75 Å². The predicted octanol–water partition coefficient (Wildman–Crippen LogP) is 3.51. The van der Waals surface area contributed by atoms with Crippen LogP contribution in [0, 0.1) is 0 Å². The molecular formula is C17H15F2NO4. The Bertz CT molecular complexity index is 734. The van der Waals surface area contributed by atoms with Crippen molar-refractivity contribution in [2.75, 3.05) is 6.79 Å². The van der Waals surface area contributed by atoms with Crippen molar-refractivity contribution in [3.8, 4) is 17.2 Å². The molecule has 1 heterocycles. The van der Waals surface area contributed by atoms with Gasteiger partial charge in [0.2, 0.25) is 6.79 Å². The van der Waals surface area contributed by atoms with Gasteiger partial charge in [0.25, 0.3) is 5.91 Å². The van der Waals surface area contributed by atoms with Crippen molar-refractivity contribution in [1.29, 1.82) is 0 Å². The van der Waals surface area contributed by atoms with Crippen molar-refractivity contribution in [2.45, 2.75) is 19.6 Å². The lowest BCUT2D eigenvalue weighted by atomic mass is 10.1. The maximum Gasteiger partial charge on any atom is 0.387 e. The van der Waals surface area contributed by atoms with Crippen LogP contribution in [0.4, 0.5) is 8.78 Å².